The Hall–Kier alpha value is -1.35. The lowest BCUT2D eigenvalue weighted by Gasteiger charge is -2.19. The molecule has 0 aliphatic carbocycles. The van der Waals surface area contributed by atoms with Gasteiger partial charge in [0.1, 0.15) is 0 Å². The number of carbonyl (C=O) groups is 1. The van der Waals surface area contributed by atoms with Crippen molar-refractivity contribution in [1.29, 1.82) is 0 Å². The number of esters is 1. The average Bonchev–Trinajstić information content (AvgIpc) is 2.48. The second-order valence-corrected chi connectivity index (χ2v) is 4.32. The van der Waals surface area contributed by atoms with Gasteiger partial charge in [-0.1, -0.05) is 37.9 Å². The van der Waals surface area contributed by atoms with E-state index in [9.17, 15) is 9.90 Å². The summed E-state index contributed by atoms with van der Waals surface area (Å²) in [5, 5.41) is 9.69. The first-order valence-corrected chi connectivity index (χ1v) is 6.22. The first kappa shape index (κ1) is 9.56. The fourth-order valence-corrected chi connectivity index (χ4v) is 1.58. The monoisotopic (exact) mass is 254 g/mol. The molecule has 0 aliphatic rings. The van der Waals surface area contributed by atoms with Crippen LogP contribution in [-0.4, -0.2) is 23.8 Å². The van der Waals surface area contributed by atoms with Crippen LogP contribution in [0.4, 0.5) is 0 Å². The second kappa shape index (κ2) is 7.88. The van der Waals surface area contributed by atoms with Gasteiger partial charge in [0.2, 0.25) is 0 Å². The quantitative estimate of drug-likeness (QED) is 0.761. The molecule has 0 bridgehead atoms. The van der Waals surface area contributed by atoms with Crippen LogP contribution in [0, 0.1) is 5.92 Å². The SMILES string of the molecule is [2H]c1cc(C(=O)OCC(CCCC)C(C)O)c([2H])c([2H])c1[2H]. The molecule has 2 unspecified atom stereocenters. The molecule has 0 aromatic heterocycles. The molecule has 3 heteroatoms. The molecule has 1 aromatic carbocycles. The van der Waals surface area contributed by atoms with Gasteiger partial charge in [0.25, 0.3) is 0 Å². The number of unbranched alkanes of at least 4 members (excludes halogenated alkanes) is 1. The lowest BCUT2D eigenvalue weighted by Crippen LogP contribution is -2.24. The number of aliphatic hydroxyl groups is 1. The molecule has 0 spiro atoms. The highest BCUT2D eigenvalue weighted by Gasteiger charge is 2.17. The number of ether oxygens (including phenoxy) is 1. The smallest absolute Gasteiger partial charge is 0.338 e. The highest BCUT2D eigenvalue weighted by atomic mass is 16.5. The minimum atomic E-state index is -0.797. The molecular weight excluding hydrogens is 228 g/mol. The van der Waals surface area contributed by atoms with Gasteiger partial charge < -0.3 is 9.84 Å². The lowest BCUT2D eigenvalue weighted by atomic mass is 9.98. The molecule has 0 saturated heterocycles. The maximum Gasteiger partial charge on any atom is 0.338 e. The summed E-state index contributed by atoms with van der Waals surface area (Å²) in [6.07, 6.45) is 2.01. The average molecular weight is 254 g/mol. The number of hydrogen-bond donors (Lipinski definition) is 1. The van der Waals surface area contributed by atoms with E-state index in [1.54, 1.807) is 6.92 Å². The molecule has 0 aliphatic heterocycles. The van der Waals surface area contributed by atoms with Gasteiger partial charge in [-0.25, -0.2) is 4.79 Å². The second-order valence-electron chi connectivity index (χ2n) is 4.32. The van der Waals surface area contributed by atoms with Gasteiger partial charge >= 0.3 is 5.97 Å². The highest BCUT2D eigenvalue weighted by molar-refractivity contribution is 5.89. The molecule has 0 amide bonds. The van der Waals surface area contributed by atoms with E-state index in [0.29, 0.717) is 0 Å². The van der Waals surface area contributed by atoms with Crippen LogP contribution in [0.25, 0.3) is 0 Å². The van der Waals surface area contributed by atoms with Crippen molar-refractivity contribution >= 4 is 5.97 Å². The first-order chi connectivity index (χ1) is 10.3. The molecule has 1 aromatic rings. The Morgan fingerprint density at radius 1 is 1.50 bits per heavy atom. The van der Waals surface area contributed by atoms with Crippen molar-refractivity contribution in [3.8, 4) is 0 Å². The minimum absolute atomic E-state index is 0.0270. The number of aliphatic hydroxyl groups excluding tert-OH is 1. The molecule has 0 saturated carbocycles. The van der Waals surface area contributed by atoms with Gasteiger partial charge in [0.05, 0.1) is 23.8 Å². The summed E-state index contributed by atoms with van der Waals surface area (Å²) in [6.45, 7) is 3.70. The van der Waals surface area contributed by atoms with E-state index < -0.39 is 24.2 Å². The molecule has 1 N–H and O–H groups in total. The van der Waals surface area contributed by atoms with Gasteiger partial charge in [-0.2, -0.15) is 0 Å². The van der Waals surface area contributed by atoms with E-state index in [0.717, 1.165) is 25.3 Å². The summed E-state index contributed by atoms with van der Waals surface area (Å²) >= 11 is 0. The zero-order chi connectivity index (χ0) is 16.9. The van der Waals surface area contributed by atoms with E-state index in [1.165, 1.54) is 0 Å². The van der Waals surface area contributed by atoms with Crippen molar-refractivity contribution in [3.05, 3.63) is 35.8 Å². The summed E-state index contributed by atoms with van der Waals surface area (Å²) in [6, 6.07) is -0.461. The van der Waals surface area contributed by atoms with Crippen LogP contribution in [0.1, 0.15) is 49.0 Å². The molecule has 0 heterocycles. The fraction of sp³-hybridized carbons (Fsp3) is 0.533. The minimum Gasteiger partial charge on any atom is -0.462 e. The van der Waals surface area contributed by atoms with Gasteiger partial charge in [0, 0.05) is 5.92 Å². The van der Waals surface area contributed by atoms with Crippen LogP contribution in [0.3, 0.4) is 0 Å². The maximum atomic E-state index is 12.0. The van der Waals surface area contributed by atoms with E-state index >= 15 is 0 Å². The van der Waals surface area contributed by atoms with Gasteiger partial charge in [-0.3, -0.25) is 0 Å². The van der Waals surface area contributed by atoms with Crippen molar-refractivity contribution in [2.24, 2.45) is 5.92 Å². The maximum absolute atomic E-state index is 12.0. The van der Waals surface area contributed by atoms with Crippen molar-refractivity contribution in [3.63, 3.8) is 0 Å². The largest absolute Gasteiger partial charge is 0.462 e. The number of carbonyl (C=O) groups excluding carboxylic acids is 1. The Labute approximate surface area is 114 Å². The number of rotatable bonds is 7. The first-order valence-electron chi connectivity index (χ1n) is 8.22. The van der Waals surface area contributed by atoms with Crippen LogP contribution < -0.4 is 0 Å². The Kier molecular flexibility index (Phi) is 4.18. The third kappa shape index (κ3) is 4.88. The summed E-state index contributed by atoms with van der Waals surface area (Å²) in [4.78, 5) is 12.0. The van der Waals surface area contributed by atoms with Gasteiger partial charge in [-0.05, 0) is 25.5 Å². The zero-order valence-corrected chi connectivity index (χ0v) is 10.8. The highest BCUT2D eigenvalue weighted by Crippen LogP contribution is 2.14. The molecule has 100 valence electrons. The van der Waals surface area contributed by atoms with E-state index in [-0.39, 0.29) is 30.2 Å². The van der Waals surface area contributed by atoms with Crippen LogP contribution in [0.15, 0.2) is 30.2 Å². The Bertz CT molecular complexity index is 532. The van der Waals surface area contributed by atoms with E-state index in [2.05, 4.69) is 0 Å². The predicted octanol–water partition coefficient (Wildman–Crippen LogP) is 3.03. The molecule has 2 atom stereocenters. The van der Waals surface area contributed by atoms with Crippen molar-refractivity contribution in [1.82, 2.24) is 0 Å². The van der Waals surface area contributed by atoms with Crippen molar-refractivity contribution in [2.45, 2.75) is 39.2 Å². The summed E-state index contributed by atoms with van der Waals surface area (Å²) in [5.74, 6) is -0.978. The zero-order valence-electron chi connectivity index (χ0n) is 14.8. The summed E-state index contributed by atoms with van der Waals surface area (Å²) in [7, 11) is 0. The standard InChI is InChI=1S/C15H22O3/c1-3-4-8-14(12(2)16)11-18-15(17)13-9-6-5-7-10-13/h5-7,9-10,12,14,16H,3-4,8,11H2,1-2H3/i5D,6D,7D,9D. The molecule has 3 nitrogen and oxygen atoms in total. The van der Waals surface area contributed by atoms with Gasteiger partial charge in [0.15, 0.2) is 0 Å². The summed E-state index contributed by atoms with van der Waals surface area (Å²) < 4.78 is 35.4. The molecule has 1 rings (SSSR count). The molecule has 18 heavy (non-hydrogen) atoms. The Balaban J connectivity index is 2.81. The number of hydrogen-bond acceptors (Lipinski definition) is 3. The summed E-state index contributed by atoms with van der Waals surface area (Å²) in [5.41, 5.74) is -0.189. The molecular formula is C15H22O3. The van der Waals surface area contributed by atoms with Gasteiger partial charge in [-0.15, -0.1) is 0 Å². The van der Waals surface area contributed by atoms with Crippen LogP contribution >= 0.6 is 0 Å². The van der Waals surface area contributed by atoms with Crippen molar-refractivity contribution in [2.75, 3.05) is 6.61 Å². The molecule has 0 fully saturated rings. The third-order valence-electron chi connectivity index (χ3n) is 2.81. The predicted molar refractivity (Wildman–Crippen MR) is 71.4 cm³/mol. The van der Waals surface area contributed by atoms with E-state index in [1.807, 2.05) is 6.92 Å². The fourth-order valence-electron chi connectivity index (χ4n) is 1.58. The normalized spacial score (nSPS) is 17.1. The van der Waals surface area contributed by atoms with E-state index in [4.69, 9.17) is 10.2 Å². The van der Waals surface area contributed by atoms with Crippen LogP contribution in [0.5, 0.6) is 0 Å². The topological polar surface area (TPSA) is 46.5 Å². The number of benzene rings is 1. The third-order valence-corrected chi connectivity index (χ3v) is 2.81. The Morgan fingerprint density at radius 3 is 2.94 bits per heavy atom. The molecule has 0 radical (unpaired) electrons. The Morgan fingerprint density at radius 2 is 2.28 bits per heavy atom. The van der Waals surface area contributed by atoms with Crippen molar-refractivity contribution < 1.29 is 20.1 Å². The van der Waals surface area contributed by atoms with Crippen LogP contribution in [0.2, 0.25) is 0 Å². The van der Waals surface area contributed by atoms with Crippen LogP contribution in [-0.2, 0) is 4.74 Å². The lowest BCUT2D eigenvalue weighted by molar-refractivity contribution is 0.0245.